The third kappa shape index (κ3) is 6.21. The lowest BCUT2D eigenvalue weighted by Crippen LogP contribution is -2.35. The van der Waals surface area contributed by atoms with E-state index in [0.29, 0.717) is 31.0 Å². The number of carbonyl (C=O) groups is 2. The number of piperidine rings is 1. The van der Waals surface area contributed by atoms with Gasteiger partial charge in [-0.15, -0.1) is 0 Å². The predicted molar refractivity (Wildman–Crippen MR) is 135 cm³/mol. The fourth-order valence-corrected chi connectivity index (χ4v) is 4.50. The Labute approximate surface area is 213 Å². The van der Waals surface area contributed by atoms with Crippen LogP contribution in [0.1, 0.15) is 40.4 Å². The van der Waals surface area contributed by atoms with Gasteiger partial charge in [-0.2, -0.15) is 0 Å². The Kier molecular flexibility index (Phi) is 7.98. The van der Waals surface area contributed by atoms with Crippen LogP contribution >= 0.6 is 0 Å². The SMILES string of the molecule is Cc1nc(CC2CCN(c3ccc(-c4ccc(CO)cc4)cc3F)CC2)nc(C(=O)NCC(=O)O)c1O. The third-order valence-corrected chi connectivity index (χ3v) is 6.56. The number of carboxylic acid groups (broad SMARTS) is 1. The molecule has 4 rings (SSSR count). The van der Waals surface area contributed by atoms with Gasteiger partial charge in [0.05, 0.1) is 18.0 Å². The number of amides is 1. The number of carbonyl (C=O) groups excluding carboxylic acids is 1. The number of nitrogens with one attached hydrogen (secondary N) is 1. The van der Waals surface area contributed by atoms with Crippen LogP contribution in [0.4, 0.5) is 10.1 Å². The van der Waals surface area contributed by atoms with E-state index in [0.717, 1.165) is 29.5 Å². The van der Waals surface area contributed by atoms with E-state index in [1.165, 1.54) is 6.07 Å². The maximum Gasteiger partial charge on any atom is 0.322 e. The smallest absolute Gasteiger partial charge is 0.322 e. The molecule has 4 N–H and O–H groups in total. The molecule has 0 unspecified atom stereocenters. The Hall–Kier alpha value is -4.05. The number of aromatic nitrogens is 2. The van der Waals surface area contributed by atoms with Crippen LogP contribution in [0.3, 0.4) is 0 Å². The standard InChI is InChI=1S/C27H29FN4O5/c1-16-26(36)25(27(37)29-14-24(34)35)31-23(30-16)12-17-8-10-32(11-9-17)22-7-6-20(13-21(22)28)19-4-2-18(15-33)3-5-19/h2-7,13,17,33,36H,8-12,14-15H2,1H3,(H,29,37)(H,34,35). The molecule has 1 fully saturated rings. The molecule has 3 aromatic rings. The number of nitrogens with zero attached hydrogens (tertiary/aromatic N) is 3. The highest BCUT2D eigenvalue weighted by molar-refractivity contribution is 5.96. The number of anilines is 1. The quantitative estimate of drug-likeness (QED) is 0.365. The van der Waals surface area contributed by atoms with Crippen LogP contribution in [-0.4, -0.2) is 56.8 Å². The number of hydrogen-bond donors (Lipinski definition) is 4. The van der Waals surface area contributed by atoms with Gasteiger partial charge in [-0.05, 0) is 54.5 Å². The van der Waals surface area contributed by atoms with Crippen molar-refractivity contribution in [2.75, 3.05) is 24.5 Å². The van der Waals surface area contributed by atoms with Crippen LogP contribution in [0.2, 0.25) is 0 Å². The van der Waals surface area contributed by atoms with Gasteiger partial charge in [-0.1, -0.05) is 30.3 Å². The summed E-state index contributed by atoms with van der Waals surface area (Å²) < 4.78 is 15.0. The largest absolute Gasteiger partial charge is 0.504 e. The molecule has 0 bridgehead atoms. The number of aryl methyl sites for hydroxylation is 1. The monoisotopic (exact) mass is 508 g/mol. The number of carboxylic acids is 1. The molecule has 10 heteroatoms. The van der Waals surface area contributed by atoms with Crippen molar-refractivity contribution < 1.29 is 29.3 Å². The van der Waals surface area contributed by atoms with E-state index in [1.54, 1.807) is 13.0 Å². The second kappa shape index (κ2) is 11.3. The molecular formula is C27H29FN4O5. The Balaban J connectivity index is 1.39. The second-order valence-corrected chi connectivity index (χ2v) is 9.15. The minimum Gasteiger partial charge on any atom is -0.504 e. The lowest BCUT2D eigenvalue weighted by molar-refractivity contribution is -0.135. The van der Waals surface area contributed by atoms with Crippen LogP contribution in [0.15, 0.2) is 42.5 Å². The van der Waals surface area contributed by atoms with Crippen molar-refractivity contribution in [3.05, 3.63) is 71.1 Å². The molecule has 1 aliphatic heterocycles. The summed E-state index contributed by atoms with van der Waals surface area (Å²) in [6, 6.07) is 12.6. The van der Waals surface area contributed by atoms with E-state index in [2.05, 4.69) is 15.3 Å². The van der Waals surface area contributed by atoms with E-state index in [9.17, 15) is 19.8 Å². The number of halogens is 1. The average Bonchev–Trinajstić information content (AvgIpc) is 2.90. The molecule has 2 heterocycles. The molecule has 1 saturated heterocycles. The van der Waals surface area contributed by atoms with Crippen LogP contribution in [0.5, 0.6) is 5.75 Å². The van der Waals surface area contributed by atoms with Crippen LogP contribution in [0, 0.1) is 18.7 Å². The van der Waals surface area contributed by atoms with Gasteiger partial charge in [0.2, 0.25) is 0 Å². The molecule has 9 nitrogen and oxygen atoms in total. The zero-order valence-corrected chi connectivity index (χ0v) is 20.4. The summed E-state index contributed by atoms with van der Waals surface area (Å²) in [6.07, 6.45) is 2.03. The average molecular weight is 509 g/mol. The van der Waals surface area contributed by atoms with Crippen molar-refractivity contribution in [3.63, 3.8) is 0 Å². The van der Waals surface area contributed by atoms with Gasteiger partial charge >= 0.3 is 5.97 Å². The summed E-state index contributed by atoms with van der Waals surface area (Å²) in [5.74, 6) is -2.03. The van der Waals surface area contributed by atoms with Gasteiger partial charge < -0.3 is 25.5 Å². The number of aliphatic hydroxyl groups is 1. The van der Waals surface area contributed by atoms with Crippen LogP contribution in [0.25, 0.3) is 11.1 Å². The molecule has 1 amide bonds. The fraction of sp³-hybridized carbons (Fsp3) is 0.333. The molecule has 1 aliphatic rings. The second-order valence-electron chi connectivity index (χ2n) is 9.15. The zero-order valence-electron chi connectivity index (χ0n) is 20.4. The van der Waals surface area contributed by atoms with Crippen molar-refractivity contribution in [2.45, 2.75) is 32.8 Å². The van der Waals surface area contributed by atoms with Crippen molar-refractivity contribution in [1.29, 1.82) is 0 Å². The number of rotatable bonds is 8. The minimum atomic E-state index is -1.20. The highest BCUT2D eigenvalue weighted by Crippen LogP contribution is 2.31. The molecule has 1 aromatic heterocycles. The molecule has 0 atom stereocenters. The van der Waals surface area contributed by atoms with Gasteiger partial charge in [-0.25, -0.2) is 14.4 Å². The predicted octanol–water partition coefficient (Wildman–Crippen LogP) is 3.06. The summed E-state index contributed by atoms with van der Waals surface area (Å²) in [5, 5.41) is 30.4. The molecule has 194 valence electrons. The summed E-state index contributed by atoms with van der Waals surface area (Å²) in [5.41, 5.74) is 2.99. The number of aliphatic hydroxyl groups excluding tert-OH is 1. The first-order chi connectivity index (χ1) is 17.7. The molecule has 0 radical (unpaired) electrons. The molecule has 0 saturated carbocycles. The van der Waals surface area contributed by atoms with Gasteiger partial charge in [0.15, 0.2) is 11.4 Å². The lowest BCUT2D eigenvalue weighted by atomic mass is 9.92. The number of aliphatic carboxylic acids is 1. The summed E-state index contributed by atoms with van der Waals surface area (Å²) in [4.78, 5) is 33.5. The van der Waals surface area contributed by atoms with Gasteiger partial charge in [-0.3, -0.25) is 9.59 Å². The summed E-state index contributed by atoms with van der Waals surface area (Å²) >= 11 is 0. The topological polar surface area (TPSA) is 136 Å². The van der Waals surface area contributed by atoms with E-state index < -0.39 is 18.4 Å². The Morgan fingerprint density at radius 1 is 1.08 bits per heavy atom. The van der Waals surface area contributed by atoms with E-state index in [1.807, 2.05) is 35.2 Å². The van der Waals surface area contributed by atoms with E-state index >= 15 is 4.39 Å². The highest BCUT2D eigenvalue weighted by Gasteiger charge is 2.24. The van der Waals surface area contributed by atoms with E-state index in [4.69, 9.17) is 5.11 Å². The first kappa shape index (κ1) is 26.0. The Bertz CT molecular complexity index is 1290. The minimum absolute atomic E-state index is 0.0364. The number of hydrogen-bond acceptors (Lipinski definition) is 7. The number of benzene rings is 2. The highest BCUT2D eigenvalue weighted by atomic mass is 19.1. The van der Waals surface area contributed by atoms with Crippen LogP contribution in [-0.2, 0) is 17.8 Å². The Morgan fingerprint density at radius 3 is 2.38 bits per heavy atom. The summed E-state index contributed by atoms with van der Waals surface area (Å²) in [6.45, 7) is 2.24. The van der Waals surface area contributed by atoms with E-state index in [-0.39, 0.29) is 35.5 Å². The van der Waals surface area contributed by atoms with Crippen molar-refractivity contribution in [3.8, 4) is 16.9 Å². The maximum absolute atomic E-state index is 15.0. The molecule has 37 heavy (non-hydrogen) atoms. The van der Waals surface area contributed by atoms with Crippen molar-refractivity contribution in [2.24, 2.45) is 5.92 Å². The Morgan fingerprint density at radius 2 is 1.76 bits per heavy atom. The first-order valence-electron chi connectivity index (χ1n) is 12.1. The molecule has 0 spiro atoms. The normalized spacial score (nSPS) is 14.0. The zero-order chi connectivity index (χ0) is 26.5. The lowest BCUT2D eigenvalue weighted by Gasteiger charge is -2.33. The molecule has 0 aliphatic carbocycles. The first-order valence-corrected chi connectivity index (χ1v) is 12.1. The fourth-order valence-electron chi connectivity index (χ4n) is 4.50. The molecule has 2 aromatic carbocycles. The number of aromatic hydroxyl groups is 1. The molecular weight excluding hydrogens is 479 g/mol. The van der Waals surface area contributed by atoms with Gasteiger partial charge in [0.1, 0.15) is 18.2 Å². The van der Waals surface area contributed by atoms with Crippen molar-refractivity contribution >= 4 is 17.6 Å². The third-order valence-electron chi connectivity index (χ3n) is 6.56. The maximum atomic E-state index is 15.0. The van der Waals surface area contributed by atoms with Crippen LogP contribution < -0.4 is 10.2 Å². The van der Waals surface area contributed by atoms with Gasteiger partial charge in [0.25, 0.3) is 5.91 Å². The van der Waals surface area contributed by atoms with Gasteiger partial charge in [0, 0.05) is 19.5 Å². The summed E-state index contributed by atoms with van der Waals surface area (Å²) in [7, 11) is 0. The van der Waals surface area contributed by atoms with Crippen molar-refractivity contribution in [1.82, 2.24) is 15.3 Å².